The minimum absolute atomic E-state index is 0.815. The summed E-state index contributed by atoms with van der Waals surface area (Å²) in [6, 6.07) is 0. The van der Waals surface area contributed by atoms with E-state index in [4.69, 9.17) is 0 Å². The van der Waals surface area contributed by atoms with Gasteiger partial charge in [-0.15, -0.1) is 11.3 Å². The molecule has 1 atom stereocenters. The van der Waals surface area contributed by atoms with E-state index in [0.29, 0.717) is 0 Å². The SMILES string of the molecule is Cc1nc(CNCC2CCNC2)cs1. The molecule has 0 radical (unpaired) electrons. The van der Waals surface area contributed by atoms with E-state index < -0.39 is 0 Å². The molecule has 1 aromatic rings. The molecule has 0 aliphatic carbocycles. The highest BCUT2D eigenvalue weighted by molar-refractivity contribution is 7.09. The van der Waals surface area contributed by atoms with E-state index in [0.717, 1.165) is 24.0 Å². The molecule has 1 saturated heterocycles. The third-order valence-corrected chi connectivity index (χ3v) is 3.39. The van der Waals surface area contributed by atoms with Crippen molar-refractivity contribution in [2.24, 2.45) is 5.92 Å². The molecule has 1 unspecified atom stereocenters. The van der Waals surface area contributed by atoms with Gasteiger partial charge in [-0.3, -0.25) is 0 Å². The number of nitrogens with one attached hydrogen (secondary N) is 2. The second kappa shape index (κ2) is 4.87. The van der Waals surface area contributed by atoms with Gasteiger partial charge in [-0.1, -0.05) is 0 Å². The lowest BCUT2D eigenvalue weighted by Crippen LogP contribution is -2.24. The van der Waals surface area contributed by atoms with Gasteiger partial charge in [0, 0.05) is 11.9 Å². The van der Waals surface area contributed by atoms with Crippen LogP contribution in [0, 0.1) is 12.8 Å². The molecule has 2 heterocycles. The molecule has 0 spiro atoms. The Labute approximate surface area is 88.9 Å². The Kier molecular flexibility index (Phi) is 3.50. The molecule has 2 rings (SSSR count). The van der Waals surface area contributed by atoms with Crippen LogP contribution in [0.2, 0.25) is 0 Å². The van der Waals surface area contributed by atoms with E-state index in [-0.39, 0.29) is 0 Å². The van der Waals surface area contributed by atoms with Crippen molar-refractivity contribution in [1.29, 1.82) is 0 Å². The Bertz CT molecular complexity index is 279. The van der Waals surface area contributed by atoms with E-state index in [2.05, 4.69) is 27.9 Å². The largest absolute Gasteiger partial charge is 0.316 e. The van der Waals surface area contributed by atoms with Crippen molar-refractivity contribution in [3.8, 4) is 0 Å². The van der Waals surface area contributed by atoms with E-state index in [1.807, 2.05) is 0 Å². The zero-order valence-electron chi connectivity index (χ0n) is 8.55. The van der Waals surface area contributed by atoms with Gasteiger partial charge >= 0.3 is 0 Å². The third-order valence-electron chi connectivity index (χ3n) is 2.57. The van der Waals surface area contributed by atoms with Gasteiger partial charge in [-0.2, -0.15) is 0 Å². The monoisotopic (exact) mass is 211 g/mol. The molecule has 1 aliphatic heterocycles. The van der Waals surface area contributed by atoms with Crippen LogP contribution in [0.25, 0.3) is 0 Å². The highest BCUT2D eigenvalue weighted by Crippen LogP contribution is 2.08. The molecule has 0 aromatic carbocycles. The van der Waals surface area contributed by atoms with Crippen molar-refractivity contribution >= 4 is 11.3 Å². The third kappa shape index (κ3) is 2.77. The minimum Gasteiger partial charge on any atom is -0.316 e. The van der Waals surface area contributed by atoms with E-state index >= 15 is 0 Å². The molecule has 14 heavy (non-hydrogen) atoms. The first-order chi connectivity index (χ1) is 6.84. The molecule has 0 bridgehead atoms. The summed E-state index contributed by atoms with van der Waals surface area (Å²) in [6.07, 6.45) is 1.31. The summed E-state index contributed by atoms with van der Waals surface area (Å²) >= 11 is 1.72. The van der Waals surface area contributed by atoms with Gasteiger partial charge in [0.15, 0.2) is 0 Å². The smallest absolute Gasteiger partial charge is 0.0897 e. The predicted octanol–water partition coefficient (Wildman–Crippen LogP) is 1.15. The molecule has 78 valence electrons. The summed E-state index contributed by atoms with van der Waals surface area (Å²) in [5.41, 5.74) is 1.18. The van der Waals surface area contributed by atoms with Gasteiger partial charge in [-0.05, 0) is 38.9 Å². The van der Waals surface area contributed by atoms with Crippen LogP contribution in [0.1, 0.15) is 17.1 Å². The second-order valence-corrected chi connectivity index (χ2v) is 4.91. The first-order valence-electron chi connectivity index (χ1n) is 5.17. The number of aryl methyl sites for hydroxylation is 1. The lowest BCUT2D eigenvalue weighted by Gasteiger charge is -2.08. The van der Waals surface area contributed by atoms with Crippen LogP contribution in [0.4, 0.5) is 0 Å². The summed E-state index contributed by atoms with van der Waals surface area (Å²) < 4.78 is 0. The molecule has 3 nitrogen and oxygen atoms in total. The zero-order chi connectivity index (χ0) is 9.80. The minimum atomic E-state index is 0.815. The molecule has 1 aliphatic rings. The normalized spacial score (nSPS) is 21.6. The average molecular weight is 211 g/mol. The second-order valence-electron chi connectivity index (χ2n) is 3.85. The summed E-state index contributed by atoms with van der Waals surface area (Å²) in [5, 5.41) is 10.1. The highest BCUT2D eigenvalue weighted by atomic mass is 32.1. The van der Waals surface area contributed by atoms with Crippen LogP contribution < -0.4 is 10.6 Å². The van der Waals surface area contributed by atoms with Gasteiger partial charge in [0.05, 0.1) is 10.7 Å². The van der Waals surface area contributed by atoms with Crippen molar-refractivity contribution in [2.75, 3.05) is 19.6 Å². The van der Waals surface area contributed by atoms with Crippen LogP contribution >= 0.6 is 11.3 Å². The maximum absolute atomic E-state index is 4.42. The van der Waals surface area contributed by atoms with Crippen molar-refractivity contribution < 1.29 is 0 Å². The molecule has 4 heteroatoms. The van der Waals surface area contributed by atoms with Gasteiger partial charge in [0.1, 0.15) is 0 Å². The van der Waals surface area contributed by atoms with Crippen LogP contribution in [-0.2, 0) is 6.54 Å². The number of hydrogen-bond acceptors (Lipinski definition) is 4. The Balaban J connectivity index is 1.67. The van der Waals surface area contributed by atoms with E-state index in [1.54, 1.807) is 11.3 Å². The number of aromatic nitrogens is 1. The fourth-order valence-electron chi connectivity index (χ4n) is 1.78. The molecular formula is C10H17N3S. The number of thiazole rings is 1. The van der Waals surface area contributed by atoms with Crippen molar-refractivity contribution in [3.05, 3.63) is 16.1 Å². The number of hydrogen-bond donors (Lipinski definition) is 2. The Hall–Kier alpha value is -0.450. The van der Waals surface area contributed by atoms with Gasteiger partial charge in [-0.25, -0.2) is 4.98 Å². The molecule has 2 N–H and O–H groups in total. The van der Waals surface area contributed by atoms with Crippen LogP contribution in [-0.4, -0.2) is 24.6 Å². The number of nitrogens with zero attached hydrogens (tertiary/aromatic N) is 1. The topological polar surface area (TPSA) is 37.0 Å². The summed E-state index contributed by atoms with van der Waals surface area (Å²) in [4.78, 5) is 4.42. The summed E-state index contributed by atoms with van der Waals surface area (Å²) in [6.45, 7) is 6.44. The molecule has 0 saturated carbocycles. The fourth-order valence-corrected chi connectivity index (χ4v) is 2.40. The fraction of sp³-hybridized carbons (Fsp3) is 0.700. The van der Waals surface area contributed by atoms with Crippen molar-refractivity contribution in [2.45, 2.75) is 19.9 Å². The molecule has 0 amide bonds. The maximum Gasteiger partial charge on any atom is 0.0897 e. The lowest BCUT2D eigenvalue weighted by molar-refractivity contribution is 0.510. The van der Waals surface area contributed by atoms with Crippen molar-refractivity contribution in [3.63, 3.8) is 0 Å². The first-order valence-corrected chi connectivity index (χ1v) is 6.05. The Morgan fingerprint density at radius 1 is 1.71 bits per heavy atom. The Morgan fingerprint density at radius 3 is 3.29 bits per heavy atom. The van der Waals surface area contributed by atoms with Crippen LogP contribution in [0.15, 0.2) is 5.38 Å². The summed E-state index contributed by atoms with van der Waals surface area (Å²) in [5.74, 6) is 0.815. The highest BCUT2D eigenvalue weighted by Gasteiger charge is 2.13. The lowest BCUT2D eigenvalue weighted by atomic mass is 10.1. The van der Waals surface area contributed by atoms with Crippen LogP contribution in [0.5, 0.6) is 0 Å². The van der Waals surface area contributed by atoms with Crippen molar-refractivity contribution in [1.82, 2.24) is 15.6 Å². The standard InChI is InChI=1S/C10H17N3S/c1-8-13-10(7-14-8)6-12-5-9-2-3-11-4-9/h7,9,11-12H,2-6H2,1H3. The quantitative estimate of drug-likeness (QED) is 0.784. The van der Waals surface area contributed by atoms with E-state index in [9.17, 15) is 0 Å². The predicted molar refractivity (Wildman–Crippen MR) is 59.5 cm³/mol. The van der Waals surface area contributed by atoms with E-state index in [1.165, 1.54) is 25.2 Å². The van der Waals surface area contributed by atoms with Gasteiger partial charge in [0.2, 0.25) is 0 Å². The summed E-state index contributed by atoms with van der Waals surface area (Å²) in [7, 11) is 0. The maximum atomic E-state index is 4.42. The van der Waals surface area contributed by atoms with Gasteiger partial charge in [0.25, 0.3) is 0 Å². The van der Waals surface area contributed by atoms with Crippen LogP contribution in [0.3, 0.4) is 0 Å². The Morgan fingerprint density at radius 2 is 2.64 bits per heavy atom. The van der Waals surface area contributed by atoms with Gasteiger partial charge < -0.3 is 10.6 Å². The average Bonchev–Trinajstić information content (AvgIpc) is 2.77. The zero-order valence-corrected chi connectivity index (χ0v) is 9.36. The molecule has 1 aromatic heterocycles. The number of rotatable bonds is 4. The molecular weight excluding hydrogens is 194 g/mol. The first kappa shape index (κ1) is 10.1. The molecule has 1 fully saturated rings.